The maximum absolute atomic E-state index is 13.1. The molecule has 1 N–H and O–H groups in total. The lowest BCUT2D eigenvalue weighted by Crippen LogP contribution is -2.40. The van der Waals surface area contributed by atoms with Crippen LogP contribution >= 0.6 is 24.2 Å². The van der Waals surface area contributed by atoms with Crippen molar-refractivity contribution in [2.45, 2.75) is 22.6 Å². The minimum Gasteiger partial charge on any atom is -0.340 e. The fraction of sp³-hybridized carbons (Fsp3) is 0.316. The van der Waals surface area contributed by atoms with Gasteiger partial charge in [0.1, 0.15) is 11.1 Å². The molecule has 1 amide bonds. The van der Waals surface area contributed by atoms with Gasteiger partial charge in [-0.25, -0.2) is 4.39 Å². The molecular weight excluding hydrogens is 359 g/mol. The highest BCUT2D eigenvalue weighted by Crippen LogP contribution is 2.37. The highest BCUT2D eigenvalue weighted by molar-refractivity contribution is 8.00. The predicted octanol–water partition coefficient (Wildman–Crippen LogP) is 3.90. The molecule has 0 radical (unpaired) electrons. The summed E-state index contributed by atoms with van der Waals surface area (Å²) in [5.41, 5.74) is 0.967. The van der Waals surface area contributed by atoms with Crippen LogP contribution in [0.4, 0.5) is 4.39 Å². The lowest BCUT2D eigenvalue weighted by atomic mass is 10.1. The summed E-state index contributed by atoms with van der Waals surface area (Å²) in [6, 6.07) is 16.3. The molecule has 2 atom stereocenters. The highest BCUT2D eigenvalue weighted by atomic mass is 35.5. The van der Waals surface area contributed by atoms with Gasteiger partial charge in [-0.1, -0.05) is 30.3 Å². The topological polar surface area (TPSA) is 32.3 Å². The lowest BCUT2D eigenvalue weighted by molar-refractivity contribution is -0.131. The van der Waals surface area contributed by atoms with E-state index in [1.165, 1.54) is 23.9 Å². The van der Waals surface area contributed by atoms with Gasteiger partial charge in [-0.3, -0.25) is 4.79 Å². The SMILES string of the molecule is CN(C(=O)C(Sc1ccc(F)cc1)c1ccccc1)C1CCNC1.Cl. The Morgan fingerprint density at radius 1 is 1.20 bits per heavy atom. The van der Waals surface area contributed by atoms with Crippen LogP contribution in [0.25, 0.3) is 0 Å². The fourth-order valence-electron chi connectivity index (χ4n) is 2.87. The molecule has 1 fully saturated rings. The van der Waals surface area contributed by atoms with E-state index in [1.807, 2.05) is 42.3 Å². The second kappa shape index (κ2) is 9.22. The summed E-state index contributed by atoms with van der Waals surface area (Å²) in [5.74, 6) is -0.180. The van der Waals surface area contributed by atoms with Gasteiger partial charge in [-0.05, 0) is 42.8 Å². The monoisotopic (exact) mass is 380 g/mol. The second-order valence-corrected chi connectivity index (χ2v) is 7.14. The zero-order valence-electron chi connectivity index (χ0n) is 14.0. The Labute approximate surface area is 158 Å². The average Bonchev–Trinajstić information content (AvgIpc) is 3.15. The normalized spacial score (nSPS) is 17.6. The number of carbonyl (C=O) groups excluding carboxylic acids is 1. The molecule has 0 aliphatic carbocycles. The summed E-state index contributed by atoms with van der Waals surface area (Å²) in [6.07, 6.45) is 0.977. The summed E-state index contributed by atoms with van der Waals surface area (Å²) in [6.45, 7) is 1.79. The van der Waals surface area contributed by atoms with Gasteiger partial charge in [0.25, 0.3) is 0 Å². The minimum absolute atomic E-state index is 0. The third-order valence-electron chi connectivity index (χ3n) is 4.32. The lowest BCUT2D eigenvalue weighted by Gasteiger charge is -2.28. The number of nitrogens with zero attached hydrogens (tertiary/aromatic N) is 1. The van der Waals surface area contributed by atoms with Crippen LogP contribution in [0.5, 0.6) is 0 Å². The van der Waals surface area contributed by atoms with Crippen molar-refractivity contribution in [1.82, 2.24) is 10.2 Å². The molecule has 0 bridgehead atoms. The van der Waals surface area contributed by atoms with Gasteiger partial charge in [0.2, 0.25) is 5.91 Å². The first-order valence-corrected chi connectivity index (χ1v) is 8.97. The minimum atomic E-state index is -0.331. The molecule has 2 aromatic carbocycles. The number of likely N-dealkylation sites (N-methyl/N-ethyl adjacent to an activating group) is 1. The van der Waals surface area contributed by atoms with Crippen LogP contribution in [0.1, 0.15) is 17.2 Å². The van der Waals surface area contributed by atoms with Gasteiger partial charge < -0.3 is 10.2 Å². The van der Waals surface area contributed by atoms with Crippen molar-refractivity contribution in [3.63, 3.8) is 0 Å². The van der Waals surface area contributed by atoms with E-state index in [2.05, 4.69) is 5.32 Å². The molecule has 1 aliphatic heterocycles. The molecule has 1 heterocycles. The van der Waals surface area contributed by atoms with Crippen LogP contribution in [0, 0.1) is 5.82 Å². The average molecular weight is 381 g/mol. The van der Waals surface area contributed by atoms with Crippen LogP contribution in [-0.2, 0) is 4.79 Å². The molecule has 2 aromatic rings. The second-order valence-electron chi connectivity index (χ2n) is 5.96. The largest absolute Gasteiger partial charge is 0.340 e. The Hall–Kier alpha value is -1.56. The quantitative estimate of drug-likeness (QED) is 0.798. The Bertz CT molecular complexity index is 678. The van der Waals surface area contributed by atoms with Crippen LogP contribution in [0.15, 0.2) is 59.5 Å². The zero-order chi connectivity index (χ0) is 16.9. The standard InChI is InChI=1S/C19H21FN2OS.ClH/c1-22(16-11-12-21-13-16)19(23)18(14-5-3-2-4-6-14)24-17-9-7-15(20)8-10-17;/h2-10,16,18,21H,11-13H2,1H3;1H. The summed E-state index contributed by atoms with van der Waals surface area (Å²) in [7, 11) is 1.88. The van der Waals surface area contributed by atoms with Crippen molar-refractivity contribution in [2.24, 2.45) is 0 Å². The number of halogens is 2. The van der Waals surface area contributed by atoms with Crippen molar-refractivity contribution in [2.75, 3.05) is 20.1 Å². The van der Waals surface area contributed by atoms with Gasteiger partial charge in [0.05, 0.1) is 0 Å². The fourth-order valence-corrected chi connectivity index (χ4v) is 4.00. The molecule has 3 rings (SSSR count). The first kappa shape index (κ1) is 19.8. The molecule has 25 heavy (non-hydrogen) atoms. The van der Waals surface area contributed by atoms with E-state index >= 15 is 0 Å². The highest BCUT2D eigenvalue weighted by Gasteiger charge is 2.30. The Kier molecular flexibility index (Phi) is 7.29. The van der Waals surface area contributed by atoms with Crippen molar-refractivity contribution in [3.05, 3.63) is 66.0 Å². The van der Waals surface area contributed by atoms with E-state index in [4.69, 9.17) is 0 Å². The number of amides is 1. The van der Waals surface area contributed by atoms with Crippen LogP contribution in [0.3, 0.4) is 0 Å². The molecule has 134 valence electrons. The molecule has 1 saturated heterocycles. The smallest absolute Gasteiger partial charge is 0.240 e. The van der Waals surface area contributed by atoms with Crippen molar-refractivity contribution in [3.8, 4) is 0 Å². The molecule has 2 unspecified atom stereocenters. The van der Waals surface area contributed by atoms with Crippen molar-refractivity contribution < 1.29 is 9.18 Å². The predicted molar refractivity (Wildman–Crippen MR) is 103 cm³/mol. The van der Waals surface area contributed by atoms with Gasteiger partial charge in [0, 0.05) is 24.5 Å². The van der Waals surface area contributed by atoms with E-state index in [-0.39, 0.29) is 35.4 Å². The molecule has 0 spiro atoms. The Morgan fingerprint density at radius 2 is 1.88 bits per heavy atom. The molecule has 0 aromatic heterocycles. The van der Waals surface area contributed by atoms with Gasteiger partial charge in [-0.15, -0.1) is 24.2 Å². The number of rotatable bonds is 5. The first-order valence-electron chi connectivity index (χ1n) is 8.09. The molecule has 3 nitrogen and oxygen atoms in total. The van der Waals surface area contributed by atoms with E-state index < -0.39 is 0 Å². The summed E-state index contributed by atoms with van der Waals surface area (Å²) in [5, 5.41) is 2.97. The molecular formula is C19H22ClFN2OS. The van der Waals surface area contributed by atoms with Gasteiger partial charge in [-0.2, -0.15) is 0 Å². The number of nitrogens with one attached hydrogen (secondary N) is 1. The Balaban J connectivity index is 0.00000225. The van der Waals surface area contributed by atoms with E-state index in [0.29, 0.717) is 0 Å². The van der Waals surface area contributed by atoms with Crippen molar-refractivity contribution >= 4 is 30.1 Å². The number of hydrogen-bond acceptors (Lipinski definition) is 3. The molecule has 0 saturated carbocycles. The summed E-state index contributed by atoms with van der Waals surface area (Å²) < 4.78 is 13.1. The maximum Gasteiger partial charge on any atom is 0.240 e. The number of thioether (sulfide) groups is 1. The first-order chi connectivity index (χ1) is 11.6. The molecule has 6 heteroatoms. The third-order valence-corrected chi connectivity index (χ3v) is 5.58. The van der Waals surface area contributed by atoms with Crippen LogP contribution < -0.4 is 5.32 Å². The maximum atomic E-state index is 13.1. The summed E-state index contributed by atoms with van der Waals surface area (Å²) >= 11 is 1.47. The van der Waals surface area contributed by atoms with E-state index in [0.717, 1.165) is 30.0 Å². The van der Waals surface area contributed by atoms with E-state index in [9.17, 15) is 9.18 Å². The van der Waals surface area contributed by atoms with E-state index in [1.54, 1.807) is 12.1 Å². The number of carbonyl (C=O) groups is 1. The van der Waals surface area contributed by atoms with Crippen LogP contribution in [-0.4, -0.2) is 37.0 Å². The number of hydrogen-bond donors (Lipinski definition) is 1. The molecule has 1 aliphatic rings. The van der Waals surface area contributed by atoms with Gasteiger partial charge in [0.15, 0.2) is 0 Å². The third kappa shape index (κ3) is 4.97. The summed E-state index contributed by atoms with van der Waals surface area (Å²) in [4.78, 5) is 15.8. The number of benzene rings is 2. The van der Waals surface area contributed by atoms with Crippen molar-refractivity contribution in [1.29, 1.82) is 0 Å². The zero-order valence-corrected chi connectivity index (χ0v) is 15.7. The van der Waals surface area contributed by atoms with Crippen LogP contribution in [0.2, 0.25) is 0 Å². The Morgan fingerprint density at radius 3 is 2.48 bits per heavy atom. The van der Waals surface area contributed by atoms with Gasteiger partial charge >= 0.3 is 0 Å².